The molecule has 2 amide bonds. The fraction of sp³-hybridized carbons (Fsp3) is 0.250. The van der Waals surface area contributed by atoms with Crippen LogP contribution in [-0.2, 0) is 16.1 Å². The number of ether oxygens (including phenoxy) is 1. The molecular formula is C16H12Cl2N2O5. The van der Waals surface area contributed by atoms with Gasteiger partial charge in [-0.25, -0.2) is 4.79 Å². The van der Waals surface area contributed by atoms with Crippen LogP contribution in [0.25, 0.3) is 0 Å². The van der Waals surface area contributed by atoms with Gasteiger partial charge in [-0.1, -0.05) is 28.4 Å². The number of aromatic nitrogens is 1. The number of rotatable bonds is 4. The molecule has 3 rings (SSSR count). The third-order valence-corrected chi connectivity index (χ3v) is 4.45. The van der Waals surface area contributed by atoms with E-state index in [1.807, 2.05) is 0 Å². The predicted octanol–water partition coefficient (Wildman–Crippen LogP) is 3.02. The maximum absolute atomic E-state index is 12.5. The highest BCUT2D eigenvalue weighted by molar-refractivity contribution is 6.43. The Morgan fingerprint density at radius 3 is 2.24 bits per heavy atom. The lowest BCUT2D eigenvalue weighted by atomic mass is 10.1. The first-order valence-corrected chi connectivity index (χ1v) is 8.01. The van der Waals surface area contributed by atoms with Crippen LogP contribution < -0.4 is 0 Å². The van der Waals surface area contributed by atoms with Crippen molar-refractivity contribution in [3.05, 3.63) is 50.8 Å². The Morgan fingerprint density at radius 2 is 1.76 bits per heavy atom. The summed E-state index contributed by atoms with van der Waals surface area (Å²) in [5, 5.41) is 4.00. The Balaban J connectivity index is 1.76. The third-order valence-electron chi connectivity index (χ3n) is 3.73. The number of aryl methyl sites for hydroxylation is 1. The predicted molar refractivity (Wildman–Crippen MR) is 87.5 cm³/mol. The molecule has 0 radical (unpaired) electrons. The van der Waals surface area contributed by atoms with Gasteiger partial charge in [-0.05, 0) is 26.0 Å². The number of nitrogens with zero attached hydrogens (tertiary/aromatic N) is 2. The largest absolute Gasteiger partial charge is 0.458 e. The van der Waals surface area contributed by atoms with E-state index in [0.29, 0.717) is 11.5 Å². The van der Waals surface area contributed by atoms with Crippen LogP contribution in [0.2, 0.25) is 10.0 Å². The van der Waals surface area contributed by atoms with Crippen molar-refractivity contribution in [1.82, 2.24) is 10.1 Å². The summed E-state index contributed by atoms with van der Waals surface area (Å²) in [5.74, 6) is -1.42. The zero-order chi connectivity index (χ0) is 18.3. The quantitative estimate of drug-likeness (QED) is 0.596. The van der Waals surface area contributed by atoms with Crippen LogP contribution in [0.15, 0.2) is 22.7 Å². The van der Waals surface area contributed by atoms with Crippen LogP contribution >= 0.6 is 23.2 Å². The monoisotopic (exact) mass is 382 g/mol. The summed E-state index contributed by atoms with van der Waals surface area (Å²) in [6.45, 7) is 2.98. The molecule has 1 aromatic carbocycles. The zero-order valence-corrected chi connectivity index (χ0v) is 14.7. The smallest absolute Gasteiger partial charge is 0.329 e. The van der Waals surface area contributed by atoms with Crippen LogP contribution in [0.5, 0.6) is 0 Å². The van der Waals surface area contributed by atoms with Crippen molar-refractivity contribution in [3.63, 3.8) is 0 Å². The second kappa shape index (κ2) is 6.50. The zero-order valence-electron chi connectivity index (χ0n) is 13.2. The summed E-state index contributed by atoms with van der Waals surface area (Å²) in [6, 6.07) is 3.13. The van der Waals surface area contributed by atoms with Crippen molar-refractivity contribution >= 4 is 41.0 Å². The molecule has 25 heavy (non-hydrogen) atoms. The molecule has 1 aliphatic rings. The average molecular weight is 383 g/mol. The fourth-order valence-corrected chi connectivity index (χ4v) is 2.79. The fourth-order valence-electron chi connectivity index (χ4n) is 2.46. The Kier molecular flexibility index (Phi) is 4.53. The molecular weight excluding hydrogens is 371 g/mol. The Morgan fingerprint density at radius 1 is 1.20 bits per heavy atom. The summed E-state index contributed by atoms with van der Waals surface area (Å²) in [7, 11) is 0. The first-order chi connectivity index (χ1) is 11.8. The number of benzene rings is 1. The van der Waals surface area contributed by atoms with Crippen molar-refractivity contribution in [2.45, 2.75) is 26.5 Å². The minimum atomic E-state index is -1.11. The van der Waals surface area contributed by atoms with E-state index < -0.39 is 23.8 Å². The van der Waals surface area contributed by atoms with E-state index in [4.69, 9.17) is 32.5 Å². The van der Waals surface area contributed by atoms with E-state index in [1.54, 1.807) is 13.0 Å². The minimum absolute atomic E-state index is 0.103. The van der Waals surface area contributed by atoms with Crippen LogP contribution in [0.4, 0.5) is 0 Å². The summed E-state index contributed by atoms with van der Waals surface area (Å²) in [6.07, 6.45) is 0. The SMILES string of the molecule is Cc1cc(COC(=O)[C@H](C)N2C(=O)c3cc(Cl)c(Cl)cc3C2=O)no1. The maximum atomic E-state index is 12.5. The molecule has 0 bridgehead atoms. The van der Waals surface area contributed by atoms with Gasteiger partial charge in [0.25, 0.3) is 11.8 Å². The molecule has 9 heteroatoms. The second-order valence-corrected chi connectivity index (χ2v) is 6.32. The van der Waals surface area contributed by atoms with Crippen molar-refractivity contribution < 1.29 is 23.6 Å². The number of esters is 1. The lowest BCUT2D eigenvalue weighted by Gasteiger charge is -2.20. The van der Waals surface area contributed by atoms with Crippen LogP contribution in [0.1, 0.15) is 39.1 Å². The molecule has 0 saturated heterocycles. The third kappa shape index (κ3) is 3.12. The lowest BCUT2D eigenvalue weighted by Crippen LogP contribution is -2.43. The number of hydrogen-bond donors (Lipinski definition) is 0. The molecule has 1 aromatic heterocycles. The van der Waals surface area contributed by atoms with Gasteiger partial charge < -0.3 is 9.26 Å². The Bertz CT molecular complexity index is 852. The van der Waals surface area contributed by atoms with E-state index in [1.165, 1.54) is 19.1 Å². The van der Waals surface area contributed by atoms with E-state index in [2.05, 4.69) is 5.16 Å². The molecule has 0 unspecified atom stereocenters. The highest BCUT2D eigenvalue weighted by atomic mass is 35.5. The molecule has 1 atom stereocenters. The summed E-state index contributed by atoms with van der Waals surface area (Å²) in [5.41, 5.74) is 0.635. The normalized spacial score (nSPS) is 14.6. The van der Waals surface area contributed by atoms with E-state index >= 15 is 0 Å². The molecule has 130 valence electrons. The van der Waals surface area contributed by atoms with Crippen molar-refractivity contribution in [2.75, 3.05) is 0 Å². The van der Waals surface area contributed by atoms with Gasteiger partial charge >= 0.3 is 5.97 Å². The van der Waals surface area contributed by atoms with E-state index in [9.17, 15) is 14.4 Å². The maximum Gasteiger partial charge on any atom is 0.329 e. The standard InChI is InChI=1S/C16H12Cl2N2O5/c1-7-3-9(19-25-7)6-24-16(23)8(2)20-14(21)10-4-12(17)13(18)5-11(10)15(20)22/h3-5,8H,6H2,1-2H3/t8-/m0/s1. The minimum Gasteiger partial charge on any atom is -0.458 e. The molecule has 0 fully saturated rings. The molecule has 2 aromatic rings. The van der Waals surface area contributed by atoms with Crippen molar-refractivity contribution in [3.8, 4) is 0 Å². The Hall–Kier alpha value is -2.38. The summed E-state index contributed by atoms with van der Waals surface area (Å²) >= 11 is 11.8. The molecule has 2 heterocycles. The molecule has 1 aliphatic heterocycles. The number of amides is 2. The first-order valence-electron chi connectivity index (χ1n) is 7.25. The van der Waals surface area contributed by atoms with Crippen LogP contribution in [0.3, 0.4) is 0 Å². The van der Waals surface area contributed by atoms with Crippen molar-refractivity contribution in [1.29, 1.82) is 0 Å². The lowest BCUT2D eigenvalue weighted by molar-refractivity contribution is -0.149. The highest BCUT2D eigenvalue weighted by Crippen LogP contribution is 2.32. The number of fused-ring (bicyclic) bond motifs is 1. The Labute approximate surface area is 152 Å². The van der Waals surface area contributed by atoms with Gasteiger partial charge in [0.1, 0.15) is 24.1 Å². The average Bonchev–Trinajstić information content (AvgIpc) is 3.08. The van der Waals surface area contributed by atoms with E-state index in [-0.39, 0.29) is 27.8 Å². The van der Waals surface area contributed by atoms with Gasteiger partial charge in [0.2, 0.25) is 0 Å². The molecule has 0 aliphatic carbocycles. The topological polar surface area (TPSA) is 89.7 Å². The van der Waals surface area contributed by atoms with Gasteiger partial charge in [0.05, 0.1) is 21.2 Å². The number of halogens is 2. The highest BCUT2D eigenvalue weighted by Gasteiger charge is 2.42. The number of hydrogen-bond acceptors (Lipinski definition) is 6. The number of carbonyl (C=O) groups is 3. The molecule has 7 nitrogen and oxygen atoms in total. The van der Waals surface area contributed by atoms with E-state index in [0.717, 1.165) is 4.90 Å². The summed E-state index contributed by atoms with van der Waals surface area (Å²) in [4.78, 5) is 38.0. The van der Waals surface area contributed by atoms with Gasteiger partial charge in [0.15, 0.2) is 0 Å². The molecule has 0 spiro atoms. The van der Waals surface area contributed by atoms with Gasteiger partial charge in [-0.15, -0.1) is 0 Å². The summed E-state index contributed by atoms with van der Waals surface area (Å²) < 4.78 is 9.97. The first kappa shape index (κ1) is 17.4. The van der Waals surface area contributed by atoms with Gasteiger partial charge in [0, 0.05) is 6.07 Å². The van der Waals surface area contributed by atoms with Crippen LogP contribution in [-0.4, -0.2) is 33.9 Å². The van der Waals surface area contributed by atoms with Crippen molar-refractivity contribution in [2.24, 2.45) is 0 Å². The van der Waals surface area contributed by atoms with Crippen LogP contribution in [0, 0.1) is 6.92 Å². The van der Waals surface area contributed by atoms with Gasteiger partial charge in [-0.2, -0.15) is 0 Å². The number of carbonyl (C=O) groups excluding carboxylic acids is 3. The molecule has 0 N–H and O–H groups in total. The second-order valence-electron chi connectivity index (χ2n) is 5.50. The van der Waals surface area contributed by atoms with Gasteiger partial charge in [-0.3, -0.25) is 14.5 Å². The molecule has 0 saturated carbocycles. The number of imide groups is 1.